The zero-order valence-electron chi connectivity index (χ0n) is 10.5. The van der Waals surface area contributed by atoms with Crippen molar-refractivity contribution in [2.75, 3.05) is 6.61 Å². The summed E-state index contributed by atoms with van der Waals surface area (Å²) in [4.78, 5) is 3.92. The van der Waals surface area contributed by atoms with Gasteiger partial charge in [0.2, 0.25) is 0 Å². The molecule has 0 spiro atoms. The first-order chi connectivity index (χ1) is 8.36. The Morgan fingerprint density at radius 2 is 2.12 bits per heavy atom. The first-order valence-electron chi connectivity index (χ1n) is 6.29. The lowest BCUT2D eigenvalue weighted by atomic mass is 10.2. The molecule has 0 aromatic carbocycles. The summed E-state index contributed by atoms with van der Waals surface area (Å²) in [5, 5.41) is 8.70. The van der Waals surface area contributed by atoms with E-state index in [0.717, 1.165) is 18.6 Å². The fourth-order valence-electron chi connectivity index (χ4n) is 1.62. The number of hydrogen-bond acceptors (Lipinski definition) is 3. The molecule has 0 amide bonds. The van der Waals surface area contributed by atoms with Crippen molar-refractivity contribution in [3.63, 3.8) is 0 Å². The molecule has 1 aromatic rings. The smallest absolute Gasteiger partial charge is 0.140 e. The van der Waals surface area contributed by atoms with Crippen LogP contribution in [0.15, 0.2) is 18.3 Å². The van der Waals surface area contributed by atoms with E-state index >= 15 is 0 Å². The molecule has 0 radical (unpaired) electrons. The van der Waals surface area contributed by atoms with Crippen LogP contribution in [0.1, 0.15) is 50.3 Å². The standard InChI is InChI=1S/C14H20N2O/c1-2-3-4-5-6-9-17-12-13-7-8-16-14(10-13)11-15/h7-8,10H,2-6,9,12H2,1H3. The van der Waals surface area contributed by atoms with Crippen LogP contribution >= 0.6 is 0 Å². The van der Waals surface area contributed by atoms with E-state index in [1.165, 1.54) is 25.7 Å². The zero-order valence-corrected chi connectivity index (χ0v) is 10.5. The molecule has 0 N–H and O–H groups in total. The van der Waals surface area contributed by atoms with Gasteiger partial charge in [-0.1, -0.05) is 32.6 Å². The Labute approximate surface area is 103 Å². The maximum absolute atomic E-state index is 8.70. The van der Waals surface area contributed by atoms with Gasteiger partial charge < -0.3 is 4.74 Å². The predicted molar refractivity (Wildman–Crippen MR) is 67.4 cm³/mol. The average molecular weight is 232 g/mol. The molecule has 0 unspecified atom stereocenters. The third kappa shape index (κ3) is 6.03. The van der Waals surface area contributed by atoms with E-state index in [-0.39, 0.29) is 0 Å². The van der Waals surface area contributed by atoms with E-state index in [1.807, 2.05) is 12.1 Å². The van der Waals surface area contributed by atoms with Gasteiger partial charge in [-0.3, -0.25) is 0 Å². The highest BCUT2D eigenvalue weighted by Gasteiger charge is 1.96. The van der Waals surface area contributed by atoms with E-state index in [0.29, 0.717) is 12.3 Å². The van der Waals surface area contributed by atoms with Gasteiger partial charge in [0.05, 0.1) is 6.61 Å². The third-order valence-electron chi connectivity index (χ3n) is 2.60. The molecule has 17 heavy (non-hydrogen) atoms. The van der Waals surface area contributed by atoms with Crippen molar-refractivity contribution in [1.82, 2.24) is 4.98 Å². The molecule has 0 bridgehead atoms. The van der Waals surface area contributed by atoms with Crippen LogP contribution in [0.2, 0.25) is 0 Å². The van der Waals surface area contributed by atoms with Crippen LogP contribution in [0.4, 0.5) is 0 Å². The van der Waals surface area contributed by atoms with E-state index in [4.69, 9.17) is 10.00 Å². The number of rotatable bonds is 8. The topological polar surface area (TPSA) is 45.9 Å². The van der Waals surface area contributed by atoms with E-state index in [1.54, 1.807) is 12.3 Å². The van der Waals surface area contributed by atoms with Gasteiger partial charge in [0.1, 0.15) is 11.8 Å². The third-order valence-corrected chi connectivity index (χ3v) is 2.60. The molecule has 3 heteroatoms. The summed E-state index contributed by atoms with van der Waals surface area (Å²) in [6.07, 6.45) is 7.90. The normalized spacial score (nSPS) is 10.1. The average Bonchev–Trinajstić information content (AvgIpc) is 2.38. The molecular formula is C14H20N2O. The molecular weight excluding hydrogens is 212 g/mol. The maximum atomic E-state index is 8.70. The maximum Gasteiger partial charge on any atom is 0.140 e. The van der Waals surface area contributed by atoms with Gasteiger partial charge in [-0.25, -0.2) is 4.98 Å². The number of hydrogen-bond donors (Lipinski definition) is 0. The SMILES string of the molecule is CCCCCCCOCc1ccnc(C#N)c1. The molecule has 1 aromatic heterocycles. The molecule has 0 aliphatic rings. The lowest BCUT2D eigenvalue weighted by molar-refractivity contribution is 0.116. The van der Waals surface area contributed by atoms with E-state index in [2.05, 4.69) is 11.9 Å². The van der Waals surface area contributed by atoms with Crippen LogP contribution in [-0.2, 0) is 11.3 Å². The van der Waals surface area contributed by atoms with E-state index in [9.17, 15) is 0 Å². The van der Waals surface area contributed by atoms with Crippen LogP contribution in [0.5, 0.6) is 0 Å². The number of ether oxygens (including phenoxy) is 1. The predicted octanol–water partition coefficient (Wildman–Crippen LogP) is 3.44. The highest BCUT2D eigenvalue weighted by Crippen LogP contribution is 2.05. The van der Waals surface area contributed by atoms with Gasteiger partial charge in [0, 0.05) is 12.8 Å². The lowest BCUT2D eigenvalue weighted by Gasteiger charge is -2.04. The van der Waals surface area contributed by atoms with Crippen LogP contribution < -0.4 is 0 Å². The molecule has 0 aliphatic heterocycles. The number of aromatic nitrogens is 1. The molecule has 0 saturated carbocycles. The quantitative estimate of drug-likeness (QED) is 0.645. The zero-order chi connectivity index (χ0) is 12.3. The van der Waals surface area contributed by atoms with Gasteiger partial charge in [-0.05, 0) is 24.1 Å². The minimum Gasteiger partial charge on any atom is -0.377 e. The first-order valence-corrected chi connectivity index (χ1v) is 6.29. The van der Waals surface area contributed by atoms with Crippen molar-refractivity contribution in [2.24, 2.45) is 0 Å². The van der Waals surface area contributed by atoms with Crippen LogP contribution in [0.3, 0.4) is 0 Å². The van der Waals surface area contributed by atoms with E-state index < -0.39 is 0 Å². The molecule has 0 saturated heterocycles. The molecule has 92 valence electrons. The lowest BCUT2D eigenvalue weighted by Crippen LogP contribution is -1.96. The fraction of sp³-hybridized carbons (Fsp3) is 0.571. The fourth-order valence-corrected chi connectivity index (χ4v) is 1.62. The van der Waals surface area contributed by atoms with Crippen molar-refractivity contribution < 1.29 is 4.74 Å². The highest BCUT2D eigenvalue weighted by atomic mass is 16.5. The summed E-state index contributed by atoms with van der Waals surface area (Å²) in [7, 11) is 0. The monoisotopic (exact) mass is 232 g/mol. The van der Waals surface area contributed by atoms with Crippen molar-refractivity contribution in [3.8, 4) is 6.07 Å². The second kappa shape index (κ2) is 8.72. The second-order valence-corrected chi connectivity index (χ2v) is 4.13. The van der Waals surface area contributed by atoms with Crippen molar-refractivity contribution >= 4 is 0 Å². The molecule has 1 rings (SSSR count). The summed E-state index contributed by atoms with van der Waals surface area (Å²) in [6.45, 7) is 3.59. The van der Waals surface area contributed by atoms with Crippen molar-refractivity contribution in [1.29, 1.82) is 5.26 Å². The van der Waals surface area contributed by atoms with Crippen molar-refractivity contribution in [2.45, 2.75) is 45.6 Å². The van der Waals surface area contributed by atoms with Crippen LogP contribution in [-0.4, -0.2) is 11.6 Å². The Balaban J connectivity index is 2.12. The second-order valence-electron chi connectivity index (χ2n) is 4.13. The molecule has 0 aliphatic carbocycles. The summed E-state index contributed by atoms with van der Waals surface area (Å²) < 4.78 is 5.56. The molecule has 0 atom stereocenters. The minimum absolute atomic E-state index is 0.453. The first kappa shape index (κ1) is 13.7. The Kier molecular flexibility index (Phi) is 7.01. The summed E-state index contributed by atoms with van der Waals surface area (Å²) in [5.41, 5.74) is 1.47. The minimum atomic E-state index is 0.453. The number of pyridine rings is 1. The Bertz CT molecular complexity index is 357. The summed E-state index contributed by atoms with van der Waals surface area (Å²) in [6, 6.07) is 5.69. The molecule has 1 heterocycles. The highest BCUT2D eigenvalue weighted by molar-refractivity contribution is 5.24. The molecule has 3 nitrogen and oxygen atoms in total. The Morgan fingerprint density at radius 1 is 1.29 bits per heavy atom. The summed E-state index contributed by atoms with van der Waals surface area (Å²) in [5.74, 6) is 0. The number of nitrogens with zero attached hydrogens (tertiary/aromatic N) is 2. The van der Waals surface area contributed by atoms with Crippen LogP contribution in [0.25, 0.3) is 0 Å². The van der Waals surface area contributed by atoms with Gasteiger partial charge in [-0.15, -0.1) is 0 Å². The van der Waals surface area contributed by atoms with Gasteiger partial charge >= 0.3 is 0 Å². The van der Waals surface area contributed by atoms with Crippen LogP contribution in [0, 0.1) is 11.3 Å². The number of unbranched alkanes of at least 4 members (excludes halogenated alkanes) is 4. The van der Waals surface area contributed by atoms with Crippen molar-refractivity contribution in [3.05, 3.63) is 29.6 Å². The van der Waals surface area contributed by atoms with Gasteiger partial charge in [-0.2, -0.15) is 5.26 Å². The van der Waals surface area contributed by atoms with Gasteiger partial charge in [0.25, 0.3) is 0 Å². The molecule has 0 fully saturated rings. The Morgan fingerprint density at radius 3 is 2.88 bits per heavy atom. The van der Waals surface area contributed by atoms with Gasteiger partial charge in [0.15, 0.2) is 0 Å². The Hall–Kier alpha value is -1.40. The largest absolute Gasteiger partial charge is 0.377 e. The summed E-state index contributed by atoms with van der Waals surface area (Å²) >= 11 is 0. The number of nitriles is 1.